The zero-order valence-electron chi connectivity index (χ0n) is 4.20. The number of hydrogen-bond donors (Lipinski definition) is 3. The lowest BCUT2D eigenvalue weighted by Crippen LogP contribution is -2.14. The minimum atomic E-state index is -0.690. The summed E-state index contributed by atoms with van der Waals surface area (Å²) in [6, 6.07) is 0. The van der Waals surface area contributed by atoms with Crippen LogP contribution in [0.4, 0.5) is 0 Å². The number of hydrogen-bond acceptors (Lipinski definition) is 3. The number of amides is 2. The lowest BCUT2D eigenvalue weighted by molar-refractivity contribution is -0.120. The van der Waals surface area contributed by atoms with Gasteiger partial charge in [0.2, 0.25) is 12.3 Å². The van der Waals surface area contributed by atoms with Crippen LogP contribution >= 0.6 is 0 Å². The van der Waals surface area contributed by atoms with E-state index >= 15 is 0 Å². The first kappa shape index (κ1) is 10.0. The molecule has 0 aliphatic carbocycles. The van der Waals surface area contributed by atoms with Crippen molar-refractivity contribution in [2.75, 3.05) is 6.61 Å². The fraction of sp³-hybridized carbons (Fsp3) is 0.333. The minimum Gasteiger partial charge on any atom is -0.387 e. The van der Waals surface area contributed by atoms with Crippen molar-refractivity contribution in [2.24, 2.45) is 11.5 Å². The molecule has 5 N–H and O–H groups in total. The molecule has 0 atom stereocenters. The Bertz CT molecular complexity index is 72.9. The average Bonchev–Trinajstić information content (AvgIpc) is 1.69. The number of rotatable bonds is 1. The molecule has 48 valence electrons. The largest absolute Gasteiger partial charge is 0.387 e. The fourth-order valence-corrected chi connectivity index (χ4v) is 0. The molecule has 5 nitrogen and oxygen atoms in total. The van der Waals surface area contributed by atoms with E-state index in [1.165, 1.54) is 0 Å². The molecule has 0 saturated heterocycles. The summed E-state index contributed by atoms with van der Waals surface area (Å²) in [4.78, 5) is 17.9. The zero-order chi connectivity index (χ0) is 6.99. The van der Waals surface area contributed by atoms with Crippen molar-refractivity contribution >= 4 is 12.3 Å². The molecule has 0 aromatic rings. The number of primary amides is 2. The van der Waals surface area contributed by atoms with Gasteiger partial charge in [0.05, 0.1) is 0 Å². The fourth-order valence-electron chi connectivity index (χ4n) is 0. The summed E-state index contributed by atoms with van der Waals surface area (Å²) in [5.41, 5.74) is 8.57. The van der Waals surface area contributed by atoms with Crippen molar-refractivity contribution in [1.82, 2.24) is 0 Å². The van der Waals surface area contributed by atoms with E-state index < -0.39 is 12.5 Å². The van der Waals surface area contributed by atoms with Crippen LogP contribution in [0.25, 0.3) is 0 Å². The quantitative estimate of drug-likeness (QED) is 0.335. The van der Waals surface area contributed by atoms with E-state index in [0.717, 1.165) is 0 Å². The van der Waals surface area contributed by atoms with Gasteiger partial charge in [-0.25, -0.2) is 0 Å². The summed E-state index contributed by atoms with van der Waals surface area (Å²) in [7, 11) is 0. The molecule has 0 saturated carbocycles. The predicted molar refractivity (Wildman–Crippen MR) is 26.5 cm³/mol. The second kappa shape index (κ2) is 9.31. The molecule has 0 spiro atoms. The average molecular weight is 120 g/mol. The van der Waals surface area contributed by atoms with E-state index in [-0.39, 0.29) is 6.41 Å². The van der Waals surface area contributed by atoms with Crippen LogP contribution in [0.3, 0.4) is 0 Å². The topological polar surface area (TPSA) is 106 Å². The maximum absolute atomic E-state index is 9.34. The highest BCUT2D eigenvalue weighted by Crippen LogP contribution is 1.42. The monoisotopic (exact) mass is 120 g/mol. The second-order valence-electron chi connectivity index (χ2n) is 0.761. The normalized spacial score (nSPS) is 6.12. The van der Waals surface area contributed by atoms with Gasteiger partial charge in [-0.1, -0.05) is 0 Å². The third-order valence-electron chi connectivity index (χ3n) is 0.156. The summed E-state index contributed by atoms with van der Waals surface area (Å²) in [6.45, 7) is -0.556. The summed E-state index contributed by atoms with van der Waals surface area (Å²) < 4.78 is 0. The lowest BCUT2D eigenvalue weighted by atomic mass is 10.7. The Morgan fingerprint density at radius 2 is 1.88 bits per heavy atom. The maximum atomic E-state index is 9.34. The third kappa shape index (κ3) is 92.0. The van der Waals surface area contributed by atoms with Crippen LogP contribution in [0.5, 0.6) is 0 Å². The molecule has 0 aromatic carbocycles. The summed E-state index contributed by atoms with van der Waals surface area (Å²) >= 11 is 0. The Morgan fingerprint density at radius 1 is 1.75 bits per heavy atom. The highest BCUT2D eigenvalue weighted by atomic mass is 16.3. The maximum Gasteiger partial charge on any atom is 0.243 e. The molecule has 8 heavy (non-hydrogen) atoms. The Morgan fingerprint density at radius 3 is 1.88 bits per heavy atom. The van der Waals surface area contributed by atoms with Crippen LogP contribution < -0.4 is 11.5 Å². The molecule has 0 aliphatic heterocycles. The zero-order valence-corrected chi connectivity index (χ0v) is 4.20. The van der Waals surface area contributed by atoms with E-state index in [1.807, 2.05) is 0 Å². The van der Waals surface area contributed by atoms with Crippen molar-refractivity contribution in [3.63, 3.8) is 0 Å². The summed E-state index contributed by atoms with van der Waals surface area (Å²) in [6.07, 6.45) is 0.250. The number of carbonyl (C=O) groups is 2. The van der Waals surface area contributed by atoms with E-state index in [1.54, 1.807) is 0 Å². The van der Waals surface area contributed by atoms with Crippen LogP contribution in [0.1, 0.15) is 0 Å². The van der Waals surface area contributed by atoms with E-state index in [9.17, 15) is 4.79 Å². The molecule has 0 rings (SSSR count). The van der Waals surface area contributed by atoms with Gasteiger partial charge in [-0.2, -0.15) is 0 Å². The molecule has 0 aliphatic rings. The molecule has 0 fully saturated rings. The van der Waals surface area contributed by atoms with Gasteiger partial charge in [0, 0.05) is 0 Å². The van der Waals surface area contributed by atoms with Crippen LogP contribution in [-0.4, -0.2) is 24.0 Å². The van der Waals surface area contributed by atoms with Gasteiger partial charge in [-0.3, -0.25) is 9.59 Å². The summed E-state index contributed by atoms with van der Waals surface area (Å²) in [5.74, 6) is -0.690. The highest BCUT2D eigenvalue weighted by Gasteiger charge is 1.78. The molecule has 0 heterocycles. The summed E-state index contributed by atoms with van der Waals surface area (Å²) in [5, 5.41) is 7.67. The Hall–Kier alpha value is -1.10. The molecule has 0 unspecified atom stereocenters. The number of aliphatic hydroxyl groups is 1. The lowest BCUT2D eigenvalue weighted by Gasteiger charge is -1.73. The second-order valence-corrected chi connectivity index (χ2v) is 0.761. The van der Waals surface area contributed by atoms with Crippen LogP contribution in [-0.2, 0) is 9.59 Å². The number of carbonyl (C=O) groups excluding carboxylic acids is 2. The van der Waals surface area contributed by atoms with E-state index in [0.29, 0.717) is 0 Å². The molecule has 0 aromatic heterocycles. The molecule has 0 bridgehead atoms. The standard InChI is InChI=1S/C2H5NO2.CH3NO/c3-2(5)1-4;2-1-3/h4H,1H2,(H2,3,5);1H,(H2,2,3). The number of aliphatic hydroxyl groups excluding tert-OH is 1. The van der Waals surface area contributed by atoms with Gasteiger partial charge in [0.25, 0.3) is 0 Å². The Kier molecular flexibility index (Phi) is 11.6. The van der Waals surface area contributed by atoms with E-state index in [4.69, 9.17) is 9.90 Å². The molecule has 0 radical (unpaired) electrons. The predicted octanol–water partition coefficient (Wildman–Crippen LogP) is -2.43. The SMILES string of the molecule is NC(=O)CO.NC=O. The molecular weight excluding hydrogens is 112 g/mol. The van der Waals surface area contributed by atoms with Gasteiger partial charge >= 0.3 is 0 Å². The molecular formula is C3H8N2O3. The minimum absolute atomic E-state index is 0.250. The van der Waals surface area contributed by atoms with Gasteiger partial charge in [-0.05, 0) is 0 Å². The Labute approximate surface area is 46.3 Å². The smallest absolute Gasteiger partial charge is 0.243 e. The third-order valence-corrected chi connectivity index (χ3v) is 0.156. The first-order chi connectivity index (χ1) is 3.68. The van der Waals surface area contributed by atoms with Crippen molar-refractivity contribution in [1.29, 1.82) is 0 Å². The molecule has 2 amide bonds. The van der Waals surface area contributed by atoms with Gasteiger partial charge in [0.1, 0.15) is 6.61 Å². The van der Waals surface area contributed by atoms with Crippen molar-refractivity contribution in [3.05, 3.63) is 0 Å². The highest BCUT2D eigenvalue weighted by molar-refractivity contribution is 5.74. The van der Waals surface area contributed by atoms with E-state index in [2.05, 4.69) is 11.5 Å². The van der Waals surface area contributed by atoms with Gasteiger partial charge in [-0.15, -0.1) is 0 Å². The van der Waals surface area contributed by atoms with Crippen molar-refractivity contribution < 1.29 is 14.7 Å². The van der Waals surface area contributed by atoms with Gasteiger partial charge < -0.3 is 16.6 Å². The van der Waals surface area contributed by atoms with Crippen molar-refractivity contribution in [2.45, 2.75) is 0 Å². The van der Waals surface area contributed by atoms with Gasteiger partial charge in [0.15, 0.2) is 0 Å². The first-order valence-corrected chi connectivity index (χ1v) is 1.73. The number of nitrogens with two attached hydrogens (primary N) is 2. The van der Waals surface area contributed by atoms with Crippen molar-refractivity contribution in [3.8, 4) is 0 Å². The first-order valence-electron chi connectivity index (χ1n) is 1.73. The molecule has 5 heteroatoms. The van der Waals surface area contributed by atoms with Crippen LogP contribution in [0.2, 0.25) is 0 Å². The Balaban J connectivity index is 0. The van der Waals surface area contributed by atoms with Crippen LogP contribution in [0.15, 0.2) is 0 Å². The van der Waals surface area contributed by atoms with Crippen LogP contribution in [0, 0.1) is 0 Å².